The number of hydrogen-bond donors (Lipinski definition) is 0. The van der Waals surface area contributed by atoms with E-state index in [0.717, 1.165) is 44.3 Å². The molecule has 2 heterocycles. The summed E-state index contributed by atoms with van der Waals surface area (Å²) in [6.07, 6.45) is 7.58. The Morgan fingerprint density at radius 3 is 2.22 bits per heavy atom. The van der Waals surface area contributed by atoms with E-state index in [2.05, 4.69) is 37.8 Å². The SMILES string of the molecule is CO[C@@H]1CCC[C@]12CCCN(C(=O)C1CCN(C(=O)c3ccc(C(C)(C)C)cc3)CC1)C2. The lowest BCUT2D eigenvalue weighted by Crippen LogP contribution is -2.52. The molecule has 3 fully saturated rings. The number of benzene rings is 1. The Morgan fingerprint density at radius 2 is 1.59 bits per heavy atom. The van der Waals surface area contributed by atoms with E-state index in [1.54, 1.807) is 0 Å². The first-order chi connectivity index (χ1) is 15.2. The number of ether oxygens (including phenoxy) is 1. The molecule has 1 aromatic rings. The smallest absolute Gasteiger partial charge is 0.253 e. The van der Waals surface area contributed by atoms with Crippen LogP contribution in [0.4, 0.5) is 0 Å². The van der Waals surface area contributed by atoms with Gasteiger partial charge in [0.1, 0.15) is 0 Å². The van der Waals surface area contributed by atoms with Crippen molar-refractivity contribution >= 4 is 11.8 Å². The molecule has 5 heteroatoms. The van der Waals surface area contributed by atoms with Gasteiger partial charge in [0.15, 0.2) is 0 Å². The number of carbonyl (C=O) groups excluding carboxylic acids is 2. The molecule has 2 saturated heterocycles. The molecule has 0 aromatic heterocycles. The number of rotatable bonds is 3. The van der Waals surface area contributed by atoms with Crippen molar-refractivity contribution in [1.29, 1.82) is 0 Å². The number of piperidine rings is 2. The summed E-state index contributed by atoms with van der Waals surface area (Å²) in [7, 11) is 1.82. The average molecular weight is 441 g/mol. The first-order valence-corrected chi connectivity index (χ1v) is 12.4. The zero-order valence-corrected chi connectivity index (χ0v) is 20.4. The largest absolute Gasteiger partial charge is 0.381 e. The van der Waals surface area contributed by atoms with E-state index >= 15 is 0 Å². The molecule has 1 saturated carbocycles. The van der Waals surface area contributed by atoms with Crippen LogP contribution in [0.15, 0.2) is 24.3 Å². The maximum Gasteiger partial charge on any atom is 0.253 e. The maximum atomic E-state index is 13.3. The topological polar surface area (TPSA) is 49.9 Å². The van der Waals surface area contributed by atoms with Crippen LogP contribution in [0.1, 0.15) is 81.6 Å². The van der Waals surface area contributed by atoms with E-state index in [9.17, 15) is 9.59 Å². The molecule has 0 bridgehead atoms. The zero-order chi connectivity index (χ0) is 22.9. The summed E-state index contributed by atoms with van der Waals surface area (Å²) in [4.78, 5) is 30.4. The molecular formula is C27H40N2O3. The van der Waals surface area contributed by atoms with Crippen LogP contribution in [-0.4, -0.2) is 61.0 Å². The Hall–Kier alpha value is -1.88. The summed E-state index contributed by atoms with van der Waals surface area (Å²) in [5, 5.41) is 0. The molecule has 0 N–H and O–H groups in total. The van der Waals surface area contributed by atoms with Gasteiger partial charge in [0.05, 0.1) is 6.10 Å². The van der Waals surface area contributed by atoms with Crippen LogP contribution in [0, 0.1) is 11.3 Å². The van der Waals surface area contributed by atoms with E-state index in [4.69, 9.17) is 4.74 Å². The minimum absolute atomic E-state index is 0.0415. The van der Waals surface area contributed by atoms with Crippen molar-refractivity contribution in [2.75, 3.05) is 33.3 Å². The Labute approximate surface area is 193 Å². The van der Waals surface area contributed by atoms with Gasteiger partial charge in [0.25, 0.3) is 5.91 Å². The standard InChI is InChI=1S/C27H40N2O3/c1-26(2,3)22-10-8-20(9-11-22)24(30)28-17-12-21(13-18-28)25(31)29-16-6-15-27(19-29)14-5-7-23(27)32-4/h8-11,21,23H,5-7,12-19H2,1-4H3/t23-,27-/m1/s1. The minimum atomic E-state index is 0.0415. The van der Waals surface area contributed by atoms with Crippen LogP contribution < -0.4 is 0 Å². The van der Waals surface area contributed by atoms with E-state index in [-0.39, 0.29) is 22.7 Å². The molecule has 176 valence electrons. The monoisotopic (exact) mass is 440 g/mol. The normalized spacial score (nSPS) is 27.2. The molecule has 0 radical (unpaired) electrons. The fraction of sp³-hybridized carbons (Fsp3) is 0.704. The summed E-state index contributed by atoms with van der Waals surface area (Å²) in [6, 6.07) is 8.01. The highest BCUT2D eigenvalue weighted by molar-refractivity contribution is 5.94. The second kappa shape index (κ2) is 9.17. The summed E-state index contributed by atoms with van der Waals surface area (Å²) >= 11 is 0. The third-order valence-corrected chi connectivity index (χ3v) is 8.16. The minimum Gasteiger partial charge on any atom is -0.381 e. The fourth-order valence-corrected chi connectivity index (χ4v) is 6.17. The molecule has 1 aromatic carbocycles. The van der Waals surface area contributed by atoms with E-state index in [1.165, 1.54) is 24.8 Å². The molecule has 2 aliphatic heterocycles. The van der Waals surface area contributed by atoms with Gasteiger partial charge in [-0.2, -0.15) is 0 Å². The zero-order valence-electron chi connectivity index (χ0n) is 20.4. The lowest BCUT2D eigenvalue weighted by molar-refractivity contribution is -0.143. The predicted molar refractivity (Wildman–Crippen MR) is 127 cm³/mol. The van der Waals surface area contributed by atoms with Crippen LogP contribution in [-0.2, 0) is 14.9 Å². The lowest BCUT2D eigenvalue weighted by atomic mass is 9.76. The molecule has 0 unspecified atom stereocenters. The molecule has 3 aliphatic rings. The van der Waals surface area contributed by atoms with Gasteiger partial charge in [-0.25, -0.2) is 0 Å². The van der Waals surface area contributed by atoms with Crippen molar-refractivity contribution < 1.29 is 14.3 Å². The highest BCUT2D eigenvalue weighted by Gasteiger charge is 2.47. The van der Waals surface area contributed by atoms with Crippen LogP contribution in [0.2, 0.25) is 0 Å². The highest BCUT2D eigenvalue weighted by atomic mass is 16.5. The van der Waals surface area contributed by atoms with Gasteiger partial charge in [0.2, 0.25) is 5.91 Å². The van der Waals surface area contributed by atoms with Gasteiger partial charge < -0.3 is 14.5 Å². The predicted octanol–water partition coefficient (Wildman–Crippen LogP) is 4.64. The maximum absolute atomic E-state index is 13.3. The van der Waals surface area contributed by atoms with Crippen molar-refractivity contribution in [2.24, 2.45) is 11.3 Å². The van der Waals surface area contributed by atoms with Gasteiger partial charge >= 0.3 is 0 Å². The first kappa shape index (κ1) is 23.3. The Bertz CT molecular complexity index is 820. The van der Waals surface area contributed by atoms with Crippen LogP contribution in [0.5, 0.6) is 0 Å². The van der Waals surface area contributed by atoms with E-state index in [0.29, 0.717) is 25.1 Å². The third-order valence-electron chi connectivity index (χ3n) is 8.16. The third kappa shape index (κ3) is 4.59. The number of amides is 2. The molecule has 4 rings (SSSR count). The van der Waals surface area contributed by atoms with Gasteiger partial charge in [-0.15, -0.1) is 0 Å². The summed E-state index contributed by atoms with van der Waals surface area (Å²) < 4.78 is 5.80. The Morgan fingerprint density at radius 1 is 0.938 bits per heavy atom. The molecule has 2 amide bonds. The quantitative estimate of drug-likeness (QED) is 0.688. The summed E-state index contributed by atoms with van der Waals surface area (Å²) in [5.41, 5.74) is 2.22. The Balaban J connectivity index is 1.33. The average Bonchev–Trinajstić information content (AvgIpc) is 3.19. The van der Waals surface area contributed by atoms with Gasteiger partial charge in [-0.3, -0.25) is 9.59 Å². The molecular weight excluding hydrogens is 400 g/mol. The number of likely N-dealkylation sites (tertiary alicyclic amines) is 2. The second-order valence-corrected chi connectivity index (χ2v) is 11.2. The van der Waals surface area contributed by atoms with Crippen LogP contribution in [0.3, 0.4) is 0 Å². The number of nitrogens with zero attached hydrogens (tertiary/aromatic N) is 2. The van der Waals surface area contributed by atoms with Crippen molar-refractivity contribution in [3.8, 4) is 0 Å². The van der Waals surface area contributed by atoms with Gasteiger partial charge in [-0.1, -0.05) is 39.3 Å². The molecule has 5 nitrogen and oxygen atoms in total. The van der Waals surface area contributed by atoms with E-state index < -0.39 is 0 Å². The molecule has 1 spiro atoms. The fourth-order valence-electron chi connectivity index (χ4n) is 6.17. The van der Waals surface area contributed by atoms with Crippen molar-refractivity contribution in [3.05, 3.63) is 35.4 Å². The van der Waals surface area contributed by atoms with Gasteiger partial charge in [0, 0.05) is 50.2 Å². The molecule has 1 aliphatic carbocycles. The highest BCUT2D eigenvalue weighted by Crippen LogP contribution is 2.46. The van der Waals surface area contributed by atoms with Crippen molar-refractivity contribution in [3.63, 3.8) is 0 Å². The summed E-state index contributed by atoms with van der Waals surface area (Å²) in [6.45, 7) is 9.58. The first-order valence-electron chi connectivity index (χ1n) is 12.4. The second-order valence-electron chi connectivity index (χ2n) is 11.2. The number of carbonyl (C=O) groups is 2. The summed E-state index contributed by atoms with van der Waals surface area (Å²) in [5.74, 6) is 0.425. The van der Waals surface area contributed by atoms with Crippen LogP contribution >= 0.6 is 0 Å². The van der Waals surface area contributed by atoms with Crippen molar-refractivity contribution in [2.45, 2.75) is 77.2 Å². The van der Waals surface area contributed by atoms with Gasteiger partial charge in [-0.05, 0) is 61.6 Å². The molecule has 2 atom stereocenters. The van der Waals surface area contributed by atoms with Crippen molar-refractivity contribution in [1.82, 2.24) is 9.80 Å². The number of methoxy groups -OCH3 is 1. The lowest BCUT2D eigenvalue weighted by Gasteiger charge is -2.45. The van der Waals surface area contributed by atoms with E-state index in [1.807, 2.05) is 24.1 Å². The number of hydrogen-bond acceptors (Lipinski definition) is 3. The molecule has 32 heavy (non-hydrogen) atoms. The van der Waals surface area contributed by atoms with Crippen LogP contribution in [0.25, 0.3) is 0 Å². The Kier molecular flexibility index (Phi) is 6.67.